The van der Waals surface area contributed by atoms with Gasteiger partial charge in [-0.05, 0) is 20.8 Å². The molecule has 5 nitrogen and oxygen atoms in total. The molecule has 1 N–H and O–H groups in total. The van der Waals surface area contributed by atoms with Crippen molar-refractivity contribution in [3.05, 3.63) is 0 Å². The van der Waals surface area contributed by atoms with Crippen LogP contribution in [0.3, 0.4) is 0 Å². The lowest BCUT2D eigenvalue weighted by Gasteiger charge is -2.44. The Hall–Kier alpha value is -1.26. The van der Waals surface area contributed by atoms with Crippen molar-refractivity contribution in [2.24, 2.45) is 11.8 Å². The SMILES string of the molecule is CCN(C(=O)N1CC(C(C)C(=O)O)C1)C(C)C. The summed E-state index contributed by atoms with van der Waals surface area (Å²) in [7, 11) is 0. The standard InChI is InChI=1S/C12H22N2O3/c1-5-14(8(2)3)12(17)13-6-10(7-13)9(4)11(15)16/h8-10H,5-7H2,1-4H3,(H,15,16). The zero-order valence-electron chi connectivity index (χ0n) is 11.0. The van der Waals surface area contributed by atoms with Gasteiger partial charge in [-0.3, -0.25) is 4.79 Å². The maximum absolute atomic E-state index is 12.0. The summed E-state index contributed by atoms with van der Waals surface area (Å²) < 4.78 is 0. The average Bonchev–Trinajstić information content (AvgIpc) is 2.15. The highest BCUT2D eigenvalue weighted by atomic mass is 16.4. The van der Waals surface area contributed by atoms with E-state index in [1.54, 1.807) is 16.7 Å². The molecule has 0 bridgehead atoms. The van der Waals surface area contributed by atoms with Gasteiger partial charge < -0.3 is 14.9 Å². The van der Waals surface area contributed by atoms with Gasteiger partial charge >= 0.3 is 12.0 Å². The van der Waals surface area contributed by atoms with Crippen LogP contribution in [0.2, 0.25) is 0 Å². The first-order valence-electron chi connectivity index (χ1n) is 6.16. The van der Waals surface area contributed by atoms with Gasteiger partial charge in [0.1, 0.15) is 0 Å². The Bertz CT molecular complexity index is 298. The Morgan fingerprint density at radius 2 is 1.88 bits per heavy atom. The van der Waals surface area contributed by atoms with Crippen molar-refractivity contribution in [3.63, 3.8) is 0 Å². The summed E-state index contributed by atoms with van der Waals surface area (Å²) in [5, 5.41) is 8.87. The minimum Gasteiger partial charge on any atom is -0.481 e. The largest absolute Gasteiger partial charge is 0.481 e. The van der Waals surface area contributed by atoms with Gasteiger partial charge in [0.15, 0.2) is 0 Å². The van der Waals surface area contributed by atoms with Gasteiger partial charge in [0.05, 0.1) is 5.92 Å². The van der Waals surface area contributed by atoms with Gasteiger partial charge in [-0.15, -0.1) is 0 Å². The molecule has 0 aromatic rings. The predicted octanol–water partition coefficient (Wildman–Crippen LogP) is 1.49. The highest BCUT2D eigenvalue weighted by Crippen LogP contribution is 2.25. The van der Waals surface area contributed by atoms with Crippen LogP contribution in [0, 0.1) is 11.8 Å². The number of amides is 2. The van der Waals surface area contributed by atoms with Crippen LogP contribution in [0.1, 0.15) is 27.7 Å². The van der Waals surface area contributed by atoms with Gasteiger partial charge in [0.25, 0.3) is 0 Å². The minimum atomic E-state index is -0.779. The fourth-order valence-electron chi connectivity index (χ4n) is 2.09. The molecule has 0 aromatic heterocycles. The van der Waals surface area contributed by atoms with Crippen molar-refractivity contribution in [3.8, 4) is 0 Å². The fourth-order valence-corrected chi connectivity index (χ4v) is 2.09. The van der Waals surface area contributed by atoms with Crippen LogP contribution in [-0.4, -0.2) is 52.6 Å². The molecule has 1 unspecified atom stereocenters. The van der Waals surface area contributed by atoms with E-state index in [1.807, 2.05) is 20.8 Å². The normalized spacial score (nSPS) is 17.8. The van der Waals surface area contributed by atoms with Crippen molar-refractivity contribution < 1.29 is 14.7 Å². The number of aliphatic carboxylic acids is 1. The summed E-state index contributed by atoms with van der Waals surface area (Å²) in [5.74, 6) is -1.05. The predicted molar refractivity (Wildman–Crippen MR) is 64.8 cm³/mol. The van der Waals surface area contributed by atoms with Crippen molar-refractivity contribution in [2.75, 3.05) is 19.6 Å². The zero-order chi connectivity index (χ0) is 13.2. The molecular formula is C12H22N2O3. The van der Waals surface area contributed by atoms with E-state index in [0.29, 0.717) is 19.6 Å². The summed E-state index contributed by atoms with van der Waals surface area (Å²) >= 11 is 0. The van der Waals surface area contributed by atoms with Gasteiger partial charge in [-0.2, -0.15) is 0 Å². The molecule has 5 heteroatoms. The van der Waals surface area contributed by atoms with Crippen molar-refractivity contribution >= 4 is 12.0 Å². The molecule has 98 valence electrons. The van der Waals surface area contributed by atoms with Crippen LogP contribution in [-0.2, 0) is 4.79 Å². The quantitative estimate of drug-likeness (QED) is 0.812. The second-order valence-corrected chi connectivity index (χ2v) is 4.95. The number of nitrogens with zero attached hydrogens (tertiary/aromatic N) is 2. The molecule has 1 fully saturated rings. The first-order valence-corrected chi connectivity index (χ1v) is 6.16. The van der Waals surface area contributed by atoms with E-state index in [-0.39, 0.29) is 23.9 Å². The van der Waals surface area contributed by atoms with Crippen LogP contribution >= 0.6 is 0 Å². The number of carbonyl (C=O) groups excluding carboxylic acids is 1. The molecule has 17 heavy (non-hydrogen) atoms. The monoisotopic (exact) mass is 242 g/mol. The molecule has 0 aliphatic carbocycles. The molecule has 2 amide bonds. The first-order chi connectivity index (χ1) is 7.88. The summed E-state index contributed by atoms with van der Waals surface area (Å²) in [6, 6.07) is 0.208. The summed E-state index contributed by atoms with van der Waals surface area (Å²) in [6.07, 6.45) is 0. The lowest BCUT2D eigenvalue weighted by Crippen LogP contribution is -2.58. The molecule has 0 saturated carbocycles. The van der Waals surface area contributed by atoms with Crippen molar-refractivity contribution in [2.45, 2.75) is 33.7 Å². The minimum absolute atomic E-state index is 0.0244. The first kappa shape index (κ1) is 13.8. The fraction of sp³-hybridized carbons (Fsp3) is 0.833. The van der Waals surface area contributed by atoms with Crippen LogP contribution in [0.15, 0.2) is 0 Å². The Balaban J connectivity index is 2.47. The van der Waals surface area contributed by atoms with E-state index in [9.17, 15) is 9.59 Å². The molecule has 1 aliphatic heterocycles. The van der Waals surface area contributed by atoms with Crippen molar-refractivity contribution in [1.82, 2.24) is 9.80 Å². The molecule has 1 atom stereocenters. The molecule has 0 spiro atoms. The highest BCUT2D eigenvalue weighted by molar-refractivity contribution is 5.76. The van der Waals surface area contributed by atoms with E-state index in [2.05, 4.69) is 0 Å². The third kappa shape index (κ3) is 2.90. The van der Waals surface area contributed by atoms with Crippen molar-refractivity contribution in [1.29, 1.82) is 0 Å². The second-order valence-electron chi connectivity index (χ2n) is 4.95. The number of carbonyl (C=O) groups is 2. The second kappa shape index (κ2) is 5.38. The molecule has 1 saturated heterocycles. The average molecular weight is 242 g/mol. The van der Waals surface area contributed by atoms with E-state index in [1.165, 1.54) is 0 Å². The molecular weight excluding hydrogens is 220 g/mol. The number of hydrogen-bond donors (Lipinski definition) is 1. The van der Waals surface area contributed by atoms with E-state index in [4.69, 9.17) is 5.11 Å². The molecule has 1 heterocycles. The van der Waals surface area contributed by atoms with Gasteiger partial charge in [0, 0.05) is 31.6 Å². The highest BCUT2D eigenvalue weighted by Gasteiger charge is 2.38. The van der Waals surface area contributed by atoms with Gasteiger partial charge in [0.2, 0.25) is 0 Å². The number of urea groups is 1. The molecule has 1 aliphatic rings. The number of likely N-dealkylation sites (tertiary alicyclic amines) is 1. The summed E-state index contributed by atoms with van der Waals surface area (Å²) in [6.45, 7) is 9.44. The Labute approximate surface area is 102 Å². The topological polar surface area (TPSA) is 60.9 Å². The summed E-state index contributed by atoms with van der Waals surface area (Å²) in [4.78, 5) is 26.4. The van der Waals surface area contributed by atoms with Crippen LogP contribution in [0.5, 0.6) is 0 Å². The maximum atomic E-state index is 12.0. The molecule has 0 aromatic carbocycles. The number of carboxylic acid groups (broad SMARTS) is 1. The Kier molecular flexibility index (Phi) is 4.37. The van der Waals surface area contributed by atoms with Crippen LogP contribution in [0.4, 0.5) is 4.79 Å². The zero-order valence-corrected chi connectivity index (χ0v) is 11.0. The third-order valence-corrected chi connectivity index (χ3v) is 3.49. The molecule has 1 rings (SSSR count). The lowest BCUT2D eigenvalue weighted by atomic mass is 9.87. The smallest absolute Gasteiger partial charge is 0.320 e. The lowest BCUT2D eigenvalue weighted by molar-refractivity contribution is -0.145. The molecule has 0 radical (unpaired) electrons. The third-order valence-electron chi connectivity index (χ3n) is 3.49. The maximum Gasteiger partial charge on any atom is 0.320 e. The summed E-state index contributed by atoms with van der Waals surface area (Å²) in [5.41, 5.74) is 0. The van der Waals surface area contributed by atoms with Gasteiger partial charge in [-0.1, -0.05) is 6.92 Å². The van der Waals surface area contributed by atoms with E-state index >= 15 is 0 Å². The Morgan fingerprint density at radius 1 is 1.35 bits per heavy atom. The van der Waals surface area contributed by atoms with Crippen LogP contribution < -0.4 is 0 Å². The van der Waals surface area contributed by atoms with E-state index < -0.39 is 5.97 Å². The van der Waals surface area contributed by atoms with Crippen LogP contribution in [0.25, 0.3) is 0 Å². The van der Waals surface area contributed by atoms with E-state index in [0.717, 1.165) is 0 Å². The van der Waals surface area contributed by atoms with Gasteiger partial charge in [-0.25, -0.2) is 4.79 Å². The number of carboxylic acids is 1. The Morgan fingerprint density at radius 3 is 2.24 bits per heavy atom. The number of hydrogen-bond acceptors (Lipinski definition) is 2. The number of rotatable bonds is 4.